The summed E-state index contributed by atoms with van der Waals surface area (Å²) in [6.45, 7) is 0. The summed E-state index contributed by atoms with van der Waals surface area (Å²) in [7, 11) is 1.65. The first-order chi connectivity index (χ1) is 9.78. The molecule has 3 aromatic rings. The van der Waals surface area contributed by atoms with Crippen molar-refractivity contribution in [3.63, 3.8) is 0 Å². The van der Waals surface area contributed by atoms with Crippen LogP contribution in [0.3, 0.4) is 0 Å². The molecule has 0 atom stereocenters. The number of ether oxygens (including phenoxy) is 1. The molecule has 0 bridgehead atoms. The first-order valence-corrected chi connectivity index (χ1v) is 6.65. The minimum atomic E-state index is 0.518. The number of hydrogen-bond donors (Lipinski definition) is 2. The number of fused-ring (bicyclic) bond motifs is 1. The lowest BCUT2D eigenvalue weighted by molar-refractivity contribution is 0.414. The van der Waals surface area contributed by atoms with Crippen molar-refractivity contribution in [2.45, 2.75) is 18.8 Å². The Labute approximate surface area is 115 Å². The SMILES string of the molecule is COc1cccc(-n2nc(C3CC3)c3c(N)[nH]nc32)c1. The van der Waals surface area contributed by atoms with E-state index in [1.807, 2.05) is 28.9 Å². The Morgan fingerprint density at radius 1 is 1.40 bits per heavy atom. The minimum absolute atomic E-state index is 0.518. The zero-order valence-corrected chi connectivity index (χ0v) is 11.1. The van der Waals surface area contributed by atoms with Gasteiger partial charge in [-0.3, -0.25) is 5.10 Å². The molecule has 1 fully saturated rings. The van der Waals surface area contributed by atoms with Crippen LogP contribution in [0.25, 0.3) is 16.7 Å². The van der Waals surface area contributed by atoms with E-state index >= 15 is 0 Å². The zero-order chi connectivity index (χ0) is 13.7. The normalized spacial score (nSPS) is 14.8. The molecule has 102 valence electrons. The fourth-order valence-corrected chi connectivity index (χ4v) is 2.52. The van der Waals surface area contributed by atoms with Crippen LogP contribution in [0, 0.1) is 0 Å². The number of nitrogen functional groups attached to an aromatic ring is 1. The van der Waals surface area contributed by atoms with E-state index in [2.05, 4.69) is 10.2 Å². The van der Waals surface area contributed by atoms with Gasteiger partial charge in [0.05, 0.1) is 23.9 Å². The second-order valence-electron chi connectivity index (χ2n) is 5.11. The van der Waals surface area contributed by atoms with E-state index in [0.29, 0.717) is 11.7 Å². The first-order valence-electron chi connectivity index (χ1n) is 6.65. The van der Waals surface area contributed by atoms with E-state index < -0.39 is 0 Å². The monoisotopic (exact) mass is 269 g/mol. The van der Waals surface area contributed by atoms with Crippen LogP contribution >= 0.6 is 0 Å². The third kappa shape index (κ3) is 1.57. The van der Waals surface area contributed by atoms with E-state index in [9.17, 15) is 0 Å². The highest BCUT2D eigenvalue weighted by molar-refractivity contribution is 5.90. The van der Waals surface area contributed by atoms with E-state index in [4.69, 9.17) is 15.6 Å². The molecular formula is C14H15N5O. The largest absolute Gasteiger partial charge is 0.497 e. The molecule has 1 aliphatic carbocycles. The summed E-state index contributed by atoms with van der Waals surface area (Å²) in [6.07, 6.45) is 2.35. The van der Waals surface area contributed by atoms with Gasteiger partial charge in [0.15, 0.2) is 5.65 Å². The fourth-order valence-electron chi connectivity index (χ4n) is 2.52. The summed E-state index contributed by atoms with van der Waals surface area (Å²) in [6, 6.07) is 7.77. The number of anilines is 1. The number of nitrogens with two attached hydrogens (primary N) is 1. The summed E-state index contributed by atoms with van der Waals surface area (Å²) in [5.74, 6) is 1.91. The Balaban J connectivity index is 1.95. The number of H-pyrrole nitrogens is 1. The van der Waals surface area contributed by atoms with Gasteiger partial charge in [0.25, 0.3) is 0 Å². The van der Waals surface area contributed by atoms with E-state index in [1.165, 1.54) is 12.8 Å². The smallest absolute Gasteiger partial charge is 0.186 e. The molecule has 6 heteroatoms. The number of rotatable bonds is 3. The number of hydrogen-bond acceptors (Lipinski definition) is 4. The topological polar surface area (TPSA) is 81.8 Å². The molecule has 0 aliphatic heterocycles. The quantitative estimate of drug-likeness (QED) is 0.763. The third-order valence-electron chi connectivity index (χ3n) is 3.70. The van der Waals surface area contributed by atoms with Crippen LogP contribution in [-0.2, 0) is 0 Å². The molecule has 6 nitrogen and oxygen atoms in total. The molecule has 3 N–H and O–H groups in total. The van der Waals surface area contributed by atoms with Crippen molar-refractivity contribution in [2.75, 3.05) is 12.8 Å². The number of nitrogens with one attached hydrogen (secondary N) is 1. The standard InChI is InChI=1S/C14H15N5O/c1-20-10-4-2-3-9(7-10)19-14-11(13(15)16-17-14)12(18-19)8-5-6-8/h2-4,7-8H,5-6H2,1H3,(H3,15,16,17). The number of nitrogens with zero attached hydrogens (tertiary/aromatic N) is 3. The second-order valence-corrected chi connectivity index (χ2v) is 5.11. The average molecular weight is 269 g/mol. The Hall–Kier alpha value is -2.50. The van der Waals surface area contributed by atoms with Crippen LogP contribution in [0.15, 0.2) is 24.3 Å². The van der Waals surface area contributed by atoms with E-state index in [-0.39, 0.29) is 0 Å². The van der Waals surface area contributed by atoms with Gasteiger partial charge in [-0.1, -0.05) is 6.07 Å². The van der Waals surface area contributed by atoms with Gasteiger partial charge < -0.3 is 10.5 Å². The molecule has 1 aromatic carbocycles. The van der Waals surface area contributed by atoms with Gasteiger partial charge in [0, 0.05) is 12.0 Å². The number of aromatic amines is 1. The lowest BCUT2D eigenvalue weighted by Gasteiger charge is -2.04. The van der Waals surface area contributed by atoms with Crippen LogP contribution in [0.5, 0.6) is 5.75 Å². The lowest BCUT2D eigenvalue weighted by Crippen LogP contribution is -1.99. The first kappa shape index (κ1) is 11.3. The summed E-state index contributed by atoms with van der Waals surface area (Å²) < 4.78 is 7.10. The number of aromatic nitrogens is 4. The van der Waals surface area contributed by atoms with E-state index in [1.54, 1.807) is 7.11 Å². The molecule has 0 unspecified atom stereocenters. The van der Waals surface area contributed by atoms with Crippen LogP contribution in [0.1, 0.15) is 24.5 Å². The van der Waals surface area contributed by atoms with E-state index in [0.717, 1.165) is 28.2 Å². The zero-order valence-electron chi connectivity index (χ0n) is 11.1. The Morgan fingerprint density at radius 2 is 2.25 bits per heavy atom. The highest BCUT2D eigenvalue weighted by atomic mass is 16.5. The Bertz CT molecular complexity index is 784. The second kappa shape index (κ2) is 4.00. The van der Waals surface area contributed by atoms with Crippen LogP contribution in [-0.4, -0.2) is 27.1 Å². The van der Waals surface area contributed by atoms with Gasteiger partial charge in [-0.05, 0) is 25.0 Å². The van der Waals surface area contributed by atoms with Crippen molar-refractivity contribution in [1.82, 2.24) is 20.0 Å². The minimum Gasteiger partial charge on any atom is -0.497 e. The Morgan fingerprint density at radius 3 is 3.00 bits per heavy atom. The molecule has 0 amide bonds. The molecule has 2 aromatic heterocycles. The van der Waals surface area contributed by atoms with Gasteiger partial charge in [-0.2, -0.15) is 10.2 Å². The molecule has 2 heterocycles. The van der Waals surface area contributed by atoms with Crippen LogP contribution in [0.2, 0.25) is 0 Å². The number of methoxy groups -OCH3 is 1. The Kier molecular flexibility index (Phi) is 2.26. The van der Waals surface area contributed by atoms with Gasteiger partial charge in [-0.15, -0.1) is 0 Å². The maximum atomic E-state index is 5.99. The molecule has 0 saturated heterocycles. The third-order valence-corrected chi connectivity index (χ3v) is 3.70. The van der Waals surface area contributed by atoms with Crippen molar-refractivity contribution in [3.8, 4) is 11.4 Å². The predicted octanol–water partition coefficient (Wildman–Crippen LogP) is 2.22. The fraction of sp³-hybridized carbons (Fsp3) is 0.286. The van der Waals surface area contributed by atoms with Crippen LogP contribution in [0.4, 0.5) is 5.82 Å². The molecule has 0 radical (unpaired) electrons. The van der Waals surface area contributed by atoms with Crippen molar-refractivity contribution < 1.29 is 4.74 Å². The molecular weight excluding hydrogens is 254 g/mol. The van der Waals surface area contributed by atoms with Gasteiger partial charge in [-0.25, -0.2) is 4.68 Å². The van der Waals surface area contributed by atoms with Gasteiger partial charge in [0.1, 0.15) is 11.6 Å². The molecule has 4 rings (SSSR count). The molecule has 0 spiro atoms. The summed E-state index contributed by atoms with van der Waals surface area (Å²) in [4.78, 5) is 0. The van der Waals surface area contributed by atoms with Crippen molar-refractivity contribution in [2.24, 2.45) is 0 Å². The highest BCUT2D eigenvalue weighted by Gasteiger charge is 2.31. The number of benzene rings is 1. The summed E-state index contributed by atoms with van der Waals surface area (Å²) >= 11 is 0. The maximum Gasteiger partial charge on any atom is 0.186 e. The molecule has 1 saturated carbocycles. The van der Waals surface area contributed by atoms with Crippen LogP contribution < -0.4 is 10.5 Å². The summed E-state index contributed by atoms with van der Waals surface area (Å²) in [5.41, 5.74) is 8.74. The predicted molar refractivity (Wildman–Crippen MR) is 76.2 cm³/mol. The highest BCUT2D eigenvalue weighted by Crippen LogP contribution is 2.43. The molecule has 20 heavy (non-hydrogen) atoms. The van der Waals surface area contributed by atoms with Crippen molar-refractivity contribution in [1.29, 1.82) is 0 Å². The van der Waals surface area contributed by atoms with Gasteiger partial charge >= 0.3 is 0 Å². The summed E-state index contributed by atoms with van der Waals surface area (Å²) in [5, 5.41) is 12.8. The lowest BCUT2D eigenvalue weighted by atomic mass is 10.2. The van der Waals surface area contributed by atoms with Crippen molar-refractivity contribution in [3.05, 3.63) is 30.0 Å². The maximum absolute atomic E-state index is 5.99. The van der Waals surface area contributed by atoms with Gasteiger partial charge in [0.2, 0.25) is 0 Å². The average Bonchev–Trinajstić information content (AvgIpc) is 3.15. The van der Waals surface area contributed by atoms with Crippen molar-refractivity contribution >= 4 is 16.9 Å². The molecule has 1 aliphatic rings.